The summed E-state index contributed by atoms with van der Waals surface area (Å²) >= 11 is 0. The van der Waals surface area contributed by atoms with Gasteiger partial charge in [0.05, 0.1) is 0 Å². The van der Waals surface area contributed by atoms with Crippen LogP contribution in [-0.4, -0.2) is 41.5 Å². The number of alkyl halides is 13. The maximum Gasteiger partial charge on any atom is 0.460 e. The van der Waals surface area contributed by atoms with Crippen LogP contribution in [0.4, 0.5) is 57.1 Å². The summed E-state index contributed by atoms with van der Waals surface area (Å²) in [5, 5.41) is 0. The molecule has 0 unspecified atom stereocenters. The zero-order chi connectivity index (χ0) is 20.0. The van der Waals surface area contributed by atoms with Crippen molar-refractivity contribution in [3.05, 3.63) is 0 Å². The monoisotopic (exact) mass is 450 g/mol. The highest BCUT2D eigenvalue weighted by Gasteiger charge is 2.90. The molecule has 0 aromatic carbocycles. The zero-order valence-corrected chi connectivity index (χ0v) is 12.9. The molecule has 0 aliphatic rings. The van der Waals surface area contributed by atoms with Gasteiger partial charge in [-0.05, 0) is 0 Å². The molecule has 0 aromatic rings. The Hall–Kier alpha value is 0.0200. The maximum absolute atomic E-state index is 13.1. The van der Waals surface area contributed by atoms with Crippen LogP contribution in [0.2, 0.25) is 0 Å². The minimum atomic E-state index is -7.88. The van der Waals surface area contributed by atoms with Crippen LogP contribution in [-0.2, 0) is 0 Å². The van der Waals surface area contributed by atoms with Gasteiger partial charge < -0.3 is 0 Å². The van der Waals surface area contributed by atoms with Gasteiger partial charge in [-0.1, -0.05) is 30.7 Å². The summed E-state index contributed by atoms with van der Waals surface area (Å²) in [6.45, 7) is 0. The summed E-state index contributed by atoms with van der Waals surface area (Å²) in [4.78, 5) is 0. The SMILES string of the molecule is FC(F)(F)C(F)(F)C(F)(F)C(F)(F)C(F)(F)C(F)(F)CC[SH](Cl)Cl. The van der Waals surface area contributed by atoms with Crippen LogP contribution in [0, 0.1) is 0 Å². The van der Waals surface area contributed by atoms with Crippen molar-refractivity contribution in [3.63, 3.8) is 0 Å². The molecule has 0 aliphatic carbocycles. The van der Waals surface area contributed by atoms with E-state index in [9.17, 15) is 57.1 Å². The van der Waals surface area contributed by atoms with Crippen molar-refractivity contribution >= 4 is 30.7 Å². The number of hydrogen-bond donors (Lipinski definition) is 1. The second-order valence-corrected chi connectivity index (χ2v) is 8.30. The van der Waals surface area contributed by atoms with Crippen molar-refractivity contribution in [1.29, 1.82) is 0 Å². The number of rotatable bonds is 7. The number of halogens is 15. The van der Waals surface area contributed by atoms with Gasteiger partial charge in [-0.25, -0.2) is 0 Å². The van der Waals surface area contributed by atoms with Gasteiger partial charge >= 0.3 is 35.8 Å². The Morgan fingerprint density at radius 2 is 0.875 bits per heavy atom. The van der Waals surface area contributed by atoms with Gasteiger partial charge in [0.2, 0.25) is 0 Å². The molecule has 16 heteroatoms. The van der Waals surface area contributed by atoms with Gasteiger partial charge in [-0.15, -0.1) is 0 Å². The van der Waals surface area contributed by atoms with E-state index in [4.69, 9.17) is 21.4 Å². The zero-order valence-electron chi connectivity index (χ0n) is 10.5. The first-order chi connectivity index (χ1) is 10.2. The lowest BCUT2D eigenvalue weighted by Crippen LogP contribution is -2.70. The third-order valence-electron chi connectivity index (χ3n) is 2.59. The highest BCUT2D eigenvalue weighted by atomic mass is 36.0. The minimum Gasteiger partial charge on any atom is -0.200 e. The third kappa shape index (κ3) is 3.74. The number of thiol groups is 1. The van der Waals surface area contributed by atoms with Gasteiger partial charge in [0.15, 0.2) is 0 Å². The molecule has 24 heavy (non-hydrogen) atoms. The molecule has 0 atom stereocenters. The van der Waals surface area contributed by atoms with Crippen LogP contribution in [0.25, 0.3) is 0 Å². The minimum absolute atomic E-state index is 1.31. The standard InChI is InChI=1S/C8H5Cl2F13S/c9-24(10)2-1-3(11,12)4(13,14)5(15,16)6(17,18)7(19,20)8(21,22)23/h24H,1-2H2. The predicted molar refractivity (Wildman–Crippen MR) is 61.0 cm³/mol. The maximum atomic E-state index is 13.1. The van der Waals surface area contributed by atoms with E-state index in [0.717, 1.165) is 0 Å². The first-order valence-electron chi connectivity index (χ1n) is 5.21. The van der Waals surface area contributed by atoms with Gasteiger partial charge in [0.1, 0.15) is 0 Å². The van der Waals surface area contributed by atoms with Crippen molar-refractivity contribution in [2.45, 2.75) is 42.2 Å². The second kappa shape index (κ2) is 6.63. The fourth-order valence-electron chi connectivity index (χ4n) is 1.18. The molecular formula is C8H5Cl2F13S. The molecule has 0 heterocycles. The lowest BCUT2D eigenvalue weighted by atomic mass is 9.93. The first kappa shape index (κ1) is 24.0. The van der Waals surface area contributed by atoms with E-state index in [1.54, 1.807) is 0 Å². The molecular weight excluding hydrogens is 446 g/mol. The summed E-state index contributed by atoms with van der Waals surface area (Å²) in [5.74, 6) is -38.0. The van der Waals surface area contributed by atoms with Crippen LogP contribution in [0.5, 0.6) is 0 Å². The molecule has 148 valence electrons. The molecule has 0 saturated carbocycles. The topological polar surface area (TPSA) is 0 Å². The predicted octanol–water partition coefficient (Wildman–Crippen LogP) is 6.42. The first-order valence-corrected chi connectivity index (χ1v) is 8.55. The van der Waals surface area contributed by atoms with E-state index in [0.29, 0.717) is 0 Å². The molecule has 0 nitrogen and oxygen atoms in total. The molecule has 0 N–H and O–H groups in total. The summed E-state index contributed by atoms with van der Waals surface area (Å²) in [7, 11) is 7.39. The van der Waals surface area contributed by atoms with Gasteiger partial charge in [0, 0.05) is 12.2 Å². The van der Waals surface area contributed by atoms with Crippen LogP contribution in [0.3, 0.4) is 0 Å². The fraction of sp³-hybridized carbons (Fsp3) is 1.00. The summed E-state index contributed by atoms with van der Waals surface area (Å²) in [6, 6.07) is 0. The molecule has 0 bridgehead atoms. The van der Waals surface area contributed by atoms with Gasteiger partial charge in [-0.3, -0.25) is 0 Å². The number of hydrogen-bond acceptors (Lipinski definition) is 0. The molecule has 0 saturated heterocycles. The molecule has 0 rings (SSSR count). The molecule has 0 radical (unpaired) electrons. The lowest BCUT2D eigenvalue weighted by molar-refractivity contribution is -0.439. The average molecular weight is 451 g/mol. The second-order valence-electron chi connectivity index (χ2n) is 4.28. The lowest BCUT2D eigenvalue weighted by Gasteiger charge is -2.39. The van der Waals surface area contributed by atoms with E-state index in [-0.39, 0.29) is 0 Å². The summed E-state index contributed by atoms with van der Waals surface area (Å²) in [6.07, 6.45) is -9.77. The van der Waals surface area contributed by atoms with E-state index in [1.165, 1.54) is 0 Å². The molecule has 0 spiro atoms. The van der Waals surface area contributed by atoms with Crippen molar-refractivity contribution in [2.24, 2.45) is 0 Å². The summed E-state index contributed by atoms with van der Waals surface area (Å²) < 4.78 is 164. The fourth-order valence-corrected chi connectivity index (χ4v) is 2.14. The van der Waals surface area contributed by atoms with Crippen LogP contribution in [0.1, 0.15) is 6.42 Å². The van der Waals surface area contributed by atoms with E-state index >= 15 is 0 Å². The molecule has 0 aromatic heterocycles. The van der Waals surface area contributed by atoms with Gasteiger partial charge in [0.25, 0.3) is 0 Å². The van der Waals surface area contributed by atoms with E-state index in [1.807, 2.05) is 0 Å². The third-order valence-corrected chi connectivity index (χ3v) is 4.17. The highest BCUT2D eigenvalue weighted by molar-refractivity contribution is 8.52. The van der Waals surface area contributed by atoms with Crippen molar-refractivity contribution < 1.29 is 57.1 Å². The van der Waals surface area contributed by atoms with Crippen molar-refractivity contribution in [3.8, 4) is 0 Å². The average Bonchev–Trinajstić information content (AvgIpc) is 2.34. The molecule has 0 aliphatic heterocycles. The van der Waals surface area contributed by atoms with Gasteiger partial charge in [-0.2, -0.15) is 57.1 Å². The Morgan fingerprint density at radius 1 is 0.542 bits per heavy atom. The molecule has 0 amide bonds. The Bertz CT molecular complexity index is 444. The Kier molecular flexibility index (Phi) is 6.64. The highest BCUT2D eigenvalue weighted by Crippen LogP contribution is 2.61. The quantitative estimate of drug-likeness (QED) is 0.335. The van der Waals surface area contributed by atoms with Crippen LogP contribution >= 0.6 is 30.7 Å². The van der Waals surface area contributed by atoms with Crippen LogP contribution < -0.4 is 0 Å². The summed E-state index contributed by atoms with van der Waals surface area (Å²) in [5.41, 5.74) is 0. The smallest absolute Gasteiger partial charge is 0.200 e. The van der Waals surface area contributed by atoms with Crippen molar-refractivity contribution in [2.75, 3.05) is 5.75 Å². The van der Waals surface area contributed by atoms with E-state index < -0.39 is 57.3 Å². The Labute approximate surface area is 136 Å². The van der Waals surface area contributed by atoms with Crippen molar-refractivity contribution in [1.82, 2.24) is 0 Å². The normalized spacial score (nSPS) is 16.4. The Balaban J connectivity index is 6.01. The Morgan fingerprint density at radius 3 is 1.17 bits per heavy atom. The molecule has 0 fully saturated rings. The van der Waals surface area contributed by atoms with E-state index in [2.05, 4.69) is 0 Å². The van der Waals surface area contributed by atoms with Crippen LogP contribution in [0.15, 0.2) is 0 Å². The largest absolute Gasteiger partial charge is 0.460 e.